The predicted octanol–water partition coefficient (Wildman–Crippen LogP) is 6.27. The van der Waals surface area contributed by atoms with Gasteiger partial charge in [-0.3, -0.25) is 0 Å². The van der Waals surface area contributed by atoms with Crippen molar-refractivity contribution in [2.24, 2.45) is 0 Å². The number of aromatic amines is 2. The van der Waals surface area contributed by atoms with Gasteiger partial charge in [0.1, 0.15) is 17.4 Å². The fourth-order valence-corrected chi connectivity index (χ4v) is 4.56. The van der Waals surface area contributed by atoms with Crippen molar-refractivity contribution in [3.05, 3.63) is 72.8 Å². The number of benzene rings is 3. The van der Waals surface area contributed by atoms with Crippen molar-refractivity contribution in [2.45, 2.75) is 6.92 Å². The minimum atomic E-state index is -0.440. The Morgan fingerprint density at radius 3 is 1.98 bits per heavy atom. The van der Waals surface area contributed by atoms with Crippen LogP contribution in [-0.2, 0) is 4.79 Å². The highest BCUT2D eigenvalue weighted by Crippen LogP contribution is 2.29. The molecule has 210 valence electrons. The lowest BCUT2D eigenvalue weighted by Crippen LogP contribution is -2.44. The number of piperazine rings is 1. The largest absolute Gasteiger partial charge is 0.423 e. The van der Waals surface area contributed by atoms with Gasteiger partial charge in [0.05, 0.1) is 22.1 Å². The summed E-state index contributed by atoms with van der Waals surface area (Å²) in [7, 11) is 2.17. The Kier molecular flexibility index (Phi) is 9.87. The number of carbonyl (C=O) groups excluding carboxylic acids is 1. The fraction of sp³-hybridized carbons (Fsp3) is 0.207. The molecule has 1 aliphatic heterocycles. The monoisotopic (exact) mass is 600 g/mol. The van der Waals surface area contributed by atoms with E-state index in [0.29, 0.717) is 11.3 Å². The van der Waals surface area contributed by atoms with Crippen LogP contribution in [-0.4, -0.2) is 64.0 Å². The molecule has 3 heterocycles. The first-order chi connectivity index (χ1) is 17.9. The lowest BCUT2D eigenvalue weighted by Gasteiger charge is -2.34. The van der Waals surface area contributed by atoms with E-state index in [9.17, 15) is 4.79 Å². The highest BCUT2D eigenvalue weighted by molar-refractivity contribution is 5.89. The van der Waals surface area contributed by atoms with Gasteiger partial charge < -0.3 is 24.5 Å². The normalized spacial score (nSPS) is 13.3. The zero-order chi connectivity index (χ0) is 25.5. The number of rotatable bonds is 5. The summed E-state index contributed by atoms with van der Waals surface area (Å²) in [6, 6.07) is 19.8. The minimum Gasteiger partial charge on any atom is -0.423 e. The molecule has 40 heavy (non-hydrogen) atoms. The van der Waals surface area contributed by atoms with Crippen LogP contribution in [0.1, 0.15) is 6.92 Å². The van der Waals surface area contributed by atoms with E-state index in [1.165, 1.54) is 5.69 Å². The SMILES string of the molecule is C=C(C)C(=O)Oc1ccc(-c2nc3ccc(-c4nc5ccc(N6CCN(C)CC6)cc5[nH]4)cc3[nH]2)cc1.Cl.Cl.Cl. The predicted molar refractivity (Wildman–Crippen MR) is 169 cm³/mol. The molecule has 0 bridgehead atoms. The lowest BCUT2D eigenvalue weighted by atomic mass is 10.2. The number of nitrogens with zero attached hydrogens (tertiary/aromatic N) is 4. The Balaban J connectivity index is 0.00000147. The van der Waals surface area contributed by atoms with Crippen LogP contribution >= 0.6 is 37.2 Å². The third kappa shape index (κ3) is 6.26. The van der Waals surface area contributed by atoms with Crippen LogP contribution in [0, 0.1) is 0 Å². The van der Waals surface area contributed by atoms with Gasteiger partial charge in [-0.2, -0.15) is 0 Å². The summed E-state index contributed by atoms with van der Waals surface area (Å²) in [5.41, 5.74) is 7.24. The number of halogens is 3. The average molecular weight is 602 g/mol. The number of esters is 1. The molecule has 2 N–H and O–H groups in total. The third-order valence-corrected chi connectivity index (χ3v) is 6.78. The van der Waals surface area contributed by atoms with Crippen LogP contribution in [0.3, 0.4) is 0 Å². The first-order valence-electron chi connectivity index (χ1n) is 12.3. The maximum atomic E-state index is 11.7. The summed E-state index contributed by atoms with van der Waals surface area (Å²) < 4.78 is 5.28. The molecule has 0 saturated carbocycles. The summed E-state index contributed by atoms with van der Waals surface area (Å²) >= 11 is 0. The summed E-state index contributed by atoms with van der Waals surface area (Å²) in [5, 5.41) is 0. The highest BCUT2D eigenvalue weighted by atomic mass is 35.5. The molecule has 0 radical (unpaired) electrons. The second-order valence-corrected chi connectivity index (χ2v) is 9.59. The van der Waals surface area contributed by atoms with E-state index < -0.39 is 5.97 Å². The number of fused-ring (bicyclic) bond motifs is 2. The average Bonchev–Trinajstić information content (AvgIpc) is 3.53. The summed E-state index contributed by atoms with van der Waals surface area (Å²) in [5.74, 6) is 1.60. The Morgan fingerprint density at radius 2 is 1.35 bits per heavy atom. The number of hydrogen-bond donors (Lipinski definition) is 2. The van der Waals surface area contributed by atoms with E-state index in [2.05, 4.69) is 57.7 Å². The van der Waals surface area contributed by atoms with Crippen molar-refractivity contribution in [1.29, 1.82) is 0 Å². The first kappa shape index (κ1) is 31.0. The minimum absolute atomic E-state index is 0. The quantitative estimate of drug-likeness (QED) is 0.140. The van der Waals surface area contributed by atoms with Crippen LogP contribution < -0.4 is 9.64 Å². The number of hydrogen-bond acceptors (Lipinski definition) is 6. The maximum Gasteiger partial charge on any atom is 0.338 e. The molecule has 0 spiro atoms. The molecule has 0 atom stereocenters. The molecule has 5 aromatic rings. The van der Waals surface area contributed by atoms with Crippen LogP contribution in [0.5, 0.6) is 5.75 Å². The van der Waals surface area contributed by atoms with Gasteiger partial charge in [-0.1, -0.05) is 6.58 Å². The van der Waals surface area contributed by atoms with E-state index in [1.807, 2.05) is 24.3 Å². The topological polar surface area (TPSA) is 90.1 Å². The zero-order valence-corrected chi connectivity index (χ0v) is 24.6. The molecule has 1 saturated heterocycles. The maximum absolute atomic E-state index is 11.7. The van der Waals surface area contributed by atoms with Gasteiger partial charge in [0, 0.05) is 48.6 Å². The van der Waals surface area contributed by atoms with Gasteiger partial charge in [0.15, 0.2) is 0 Å². The number of carbonyl (C=O) groups is 1. The van der Waals surface area contributed by atoms with Crippen LogP contribution in [0.25, 0.3) is 44.8 Å². The number of ether oxygens (including phenoxy) is 1. The van der Waals surface area contributed by atoms with Crippen molar-refractivity contribution in [3.8, 4) is 28.5 Å². The molecule has 8 nitrogen and oxygen atoms in total. The van der Waals surface area contributed by atoms with Gasteiger partial charge in [-0.05, 0) is 74.6 Å². The van der Waals surface area contributed by atoms with Crippen molar-refractivity contribution in [2.75, 3.05) is 38.1 Å². The van der Waals surface area contributed by atoms with Crippen molar-refractivity contribution in [1.82, 2.24) is 24.8 Å². The molecule has 0 unspecified atom stereocenters. The number of nitrogens with one attached hydrogen (secondary N) is 2. The number of H-pyrrole nitrogens is 2. The van der Waals surface area contributed by atoms with Crippen molar-refractivity contribution >= 4 is 70.9 Å². The number of likely N-dealkylation sites (N-methyl/N-ethyl adjacent to an activating group) is 1. The van der Waals surface area contributed by atoms with E-state index in [1.54, 1.807) is 19.1 Å². The van der Waals surface area contributed by atoms with Gasteiger partial charge in [-0.25, -0.2) is 14.8 Å². The molecular formula is C29H31Cl3N6O2. The lowest BCUT2D eigenvalue weighted by molar-refractivity contribution is -0.130. The summed E-state index contributed by atoms with van der Waals surface area (Å²) in [6.45, 7) is 9.44. The van der Waals surface area contributed by atoms with Gasteiger partial charge in [0.2, 0.25) is 0 Å². The highest BCUT2D eigenvalue weighted by Gasteiger charge is 2.16. The molecule has 11 heteroatoms. The standard InChI is InChI=1S/C29H28N6O2.3ClH/c1-18(2)29(36)37-22-8-4-19(5-9-22)27-30-23-10-6-20(16-25(23)32-27)28-31-24-11-7-21(17-26(24)33-28)35-14-12-34(3)13-15-35;;;/h4-11,16-17H,1,12-15H2,2-3H3,(H,30,32)(H,31,33);3*1H. The van der Waals surface area contributed by atoms with E-state index in [4.69, 9.17) is 14.7 Å². The first-order valence-corrected chi connectivity index (χ1v) is 12.3. The fourth-order valence-electron chi connectivity index (χ4n) is 4.56. The summed E-state index contributed by atoms with van der Waals surface area (Å²) in [4.78, 5) is 33.0. The van der Waals surface area contributed by atoms with Crippen LogP contribution in [0.4, 0.5) is 5.69 Å². The van der Waals surface area contributed by atoms with Crippen LogP contribution in [0.15, 0.2) is 72.8 Å². The Hall–Kier alpha value is -3.56. The molecule has 1 fully saturated rings. The Bertz CT molecular complexity index is 1640. The Morgan fingerprint density at radius 1 is 0.800 bits per heavy atom. The molecule has 3 aromatic carbocycles. The summed E-state index contributed by atoms with van der Waals surface area (Å²) in [6.07, 6.45) is 0. The van der Waals surface area contributed by atoms with Crippen molar-refractivity contribution < 1.29 is 9.53 Å². The van der Waals surface area contributed by atoms with Crippen molar-refractivity contribution in [3.63, 3.8) is 0 Å². The third-order valence-electron chi connectivity index (χ3n) is 6.78. The number of imidazole rings is 2. The molecule has 0 amide bonds. The molecule has 0 aliphatic carbocycles. The Labute approximate surface area is 251 Å². The smallest absolute Gasteiger partial charge is 0.338 e. The number of aromatic nitrogens is 4. The second kappa shape index (κ2) is 12.7. The van der Waals surface area contributed by atoms with E-state index in [0.717, 1.165) is 71.0 Å². The van der Waals surface area contributed by atoms with Gasteiger partial charge in [-0.15, -0.1) is 37.2 Å². The van der Waals surface area contributed by atoms with E-state index >= 15 is 0 Å². The molecular weight excluding hydrogens is 571 g/mol. The van der Waals surface area contributed by atoms with Gasteiger partial charge >= 0.3 is 5.97 Å². The molecule has 2 aromatic heterocycles. The van der Waals surface area contributed by atoms with Gasteiger partial charge in [0.25, 0.3) is 0 Å². The second-order valence-electron chi connectivity index (χ2n) is 9.59. The zero-order valence-electron chi connectivity index (χ0n) is 22.1. The van der Waals surface area contributed by atoms with Crippen LogP contribution in [0.2, 0.25) is 0 Å². The van der Waals surface area contributed by atoms with E-state index in [-0.39, 0.29) is 37.2 Å². The number of anilines is 1. The molecule has 6 rings (SSSR count). The molecule has 1 aliphatic rings.